The van der Waals surface area contributed by atoms with Gasteiger partial charge in [-0.1, -0.05) is 0 Å². The molecule has 0 bridgehead atoms. The van der Waals surface area contributed by atoms with Gasteiger partial charge in [0.1, 0.15) is 16.5 Å². The van der Waals surface area contributed by atoms with Crippen LogP contribution in [0.4, 0.5) is 5.82 Å². The van der Waals surface area contributed by atoms with Crippen LogP contribution in [0.2, 0.25) is 0 Å². The van der Waals surface area contributed by atoms with Crippen LogP contribution in [0, 0.1) is 13.8 Å². The first-order chi connectivity index (χ1) is 11.1. The summed E-state index contributed by atoms with van der Waals surface area (Å²) in [6, 6.07) is 0.192. The number of aliphatic hydroxyl groups is 1. The highest BCUT2D eigenvalue weighted by molar-refractivity contribution is 7.18. The number of nitrogens with zero attached hydrogens (tertiary/aromatic N) is 3. The van der Waals surface area contributed by atoms with Crippen molar-refractivity contribution in [2.24, 2.45) is 0 Å². The minimum atomic E-state index is 0.185. The summed E-state index contributed by atoms with van der Waals surface area (Å²) in [6.45, 7) is 9.67. The molecule has 1 fully saturated rings. The maximum Gasteiger partial charge on any atom is 0.146 e. The van der Waals surface area contributed by atoms with Gasteiger partial charge in [0.15, 0.2) is 0 Å². The Morgan fingerprint density at radius 1 is 1.26 bits per heavy atom. The highest BCUT2D eigenvalue weighted by Crippen LogP contribution is 2.34. The van der Waals surface area contributed by atoms with Crippen LogP contribution in [-0.2, 0) is 6.54 Å². The smallest absolute Gasteiger partial charge is 0.146 e. The normalized spacial score (nSPS) is 17.0. The molecular weight excluding hydrogens is 308 g/mol. The highest BCUT2D eigenvalue weighted by atomic mass is 32.1. The van der Waals surface area contributed by atoms with E-state index in [-0.39, 0.29) is 12.6 Å². The van der Waals surface area contributed by atoms with Crippen LogP contribution < -0.4 is 5.32 Å². The molecule has 1 aliphatic rings. The van der Waals surface area contributed by atoms with E-state index in [0.29, 0.717) is 0 Å². The molecule has 1 aliphatic heterocycles. The Bertz CT molecular complexity index is 679. The van der Waals surface area contributed by atoms with E-state index in [9.17, 15) is 0 Å². The van der Waals surface area contributed by atoms with Crippen LogP contribution in [0.25, 0.3) is 10.2 Å². The average Bonchev–Trinajstić information content (AvgIpc) is 3.08. The largest absolute Gasteiger partial charge is 0.396 e. The molecule has 1 unspecified atom stereocenters. The second-order valence-electron chi connectivity index (χ2n) is 6.49. The quantitative estimate of drug-likeness (QED) is 0.850. The lowest BCUT2D eigenvalue weighted by Crippen LogP contribution is -2.22. The zero-order valence-electron chi connectivity index (χ0n) is 14.2. The molecule has 3 rings (SSSR count). The Kier molecular flexibility index (Phi) is 5.14. The number of hydrogen-bond donors (Lipinski definition) is 2. The van der Waals surface area contributed by atoms with Crippen molar-refractivity contribution in [3.63, 3.8) is 0 Å². The van der Waals surface area contributed by atoms with E-state index in [1.807, 2.05) is 0 Å². The van der Waals surface area contributed by atoms with Crippen molar-refractivity contribution in [1.29, 1.82) is 0 Å². The Morgan fingerprint density at radius 2 is 2.00 bits per heavy atom. The minimum absolute atomic E-state index is 0.185. The lowest BCUT2D eigenvalue weighted by atomic mass is 10.2. The number of anilines is 1. The number of rotatable bonds is 6. The van der Waals surface area contributed by atoms with E-state index in [1.165, 1.54) is 23.3 Å². The van der Waals surface area contributed by atoms with Crippen molar-refractivity contribution in [3.8, 4) is 0 Å². The Hall–Kier alpha value is -1.24. The topological polar surface area (TPSA) is 61.3 Å². The fraction of sp³-hybridized carbons (Fsp3) is 0.647. The summed E-state index contributed by atoms with van der Waals surface area (Å²) in [6.07, 6.45) is 3.27. The van der Waals surface area contributed by atoms with Gasteiger partial charge in [-0.05, 0) is 58.7 Å². The van der Waals surface area contributed by atoms with Gasteiger partial charge in [-0.15, -0.1) is 11.3 Å². The molecular formula is C17H26N4OS. The number of fused-ring (bicyclic) bond motifs is 1. The van der Waals surface area contributed by atoms with E-state index >= 15 is 0 Å². The predicted octanol–water partition coefficient (Wildman–Crippen LogP) is 3.09. The molecule has 0 amide bonds. The molecule has 0 aliphatic carbocycles. The number of aryl methyl sites for hydroxylation is 2. The van der Waals surface area contributed by atoms with Gasteiger partial charge in [0.2, 0.25) is 0 Å². The van der Waals surface area contributed by atoms with Crippen LogP contribution in [0.15, 0.2) is 0 Å². The summed E-state index contributed by atoms with van der Waals surface area (Å²) in [5, 5.41) is 13.8. The molecule has 3 heterocycles. The van der Waals surface area contributed by atoms with Crippen molar-refractivity contribution in [1.82, 2.24) is 14.9 Å². The Labute approximate surface area is 141 Å². The molecule has 0 saturated carbocycles. The fourth-order valence-corrected chi connectivity index (χ4v) is 4.16. The SMILES string of the molecule is Cc1sc2nc(CN3CCCC3)nc(NC(C)CCO)c2c1C. The summed E-state index contributed by atoms with van der Waals surface area (Å²) in [5.74, 6) is 1.83. The third kappa shape index (κ3) is 3.65. The fourth-order valence-electron chi connectivity index (χ4n) is 3.11. The second-order valence-corrected chi connectivity index (χ2v) is 7.70. The zero-order chi connectivity index (χ0) is 16.4. The maximum absolute atomic E-state index is 9.15. The minimum Gasteiger partial charge on any atom is -0.396 e. The van der Waals surface area contributed by atoms with Gasteiger partial charge in [0.25, 0.3) is 0 Å². The summed E-state index contributed by atoms with van der Waals surface area (Å²) < 4.78 is 0. The van der Waals surface area contributed by atoms with Gasteiger partial charge in [0, 0.05) is 17.5 Å². The molecule has 126 valence electrons. The second kappa shape index (κ2) is 7.11. The first-order valence-corrected chi connectivity index (χ1v) is 9.26. The van der Waals surface area contributed by atoms with Crippen molar-refractivity contribution < 1.29 is 5.11 Å². The van der Waals surface area contributed by atoms with Gasteiger partial charge in [0.05, 0.1) is 11.9 Å². The summed E-state index contributed by atoms with van der Waals surface area (Å²) in [7, 11) is 0. The van der Waals surface area contributed by atoms with Crippen LogP contribution >= 0.6 is 11.3 Å². The molecule has 6 heteroatoms. The lowest BCUT2D eigenvalue weighted by Gasteiger charge is -2.17. The molecule has 1 atom stereocenters. The molecule has 5 nitrogen and oxygen atoms in total. The Balaban J connectivity index is 1.95. The van der Waals surface area contributed by atoms with E-state index in [2.05, 4.69) is 31.0 Å². The third-order valence-electron chi connectivity index (χ3n) is 4.58. The maximum atomic E-state index is 9.15. The van der Waals surface area contributed by atoms with E-state index < -0.39 is 0 Å². The van der Waals surface area contributed by atoms with E-state index in [1.54, 1.807) is 11.3 Å². The number of hydrogen-bond acceptors (Lipinski definition) is 6. The molecule has 2 aromatic rings. The van der Waals surface area contributed by atoms with Gasteiger partial charge in [-0.3, -0.25) is 4.90 Å². The van der Waals surface area contributed by atoms with Crippen molar-refractivity contribution in [2.45, 2.75) is 52.6 Å². The van der Waals surface area contributed by atoms with Crippen LogP contribution in [0.5, 0.6) is 0 Å². The summed E-state index contributed by atoms with van der Waals surface area (Å²) >= 11 is 1.75. The summed E-state index contributed by atoms with van der Waals surface area (Å²) in [5.41, 5.74) is 1.26. The molecule has 0 aromatic carbocycles. The molecule has 0 radical (unpaired) electrons. The predicted molar refractivity (Wildman–Crippen MR) is 96.2 cm³/mol. The number of aromatic nitrogens is 2. The van der Waals surface area contributed by atoms with E-state index in [4.69, 9.17) is 15.1 Å². The highest BCUT2D eigenvalue weighted by Gasteiger charge is 2.18. The van der Waals surface area contributed by atoms with E-state index in [0.717, 1.165) is 47.9 Å². The number of nitrogens with one attached hydrogen (secondary N) is 1. The van der Waals surface area contributed by atoms with Crippen LogP contribution in [-0.4, -0.2) is 45.7 Å². The van der Waals surface area contributed by atoms with Gasteiger partial charge in [-0.25, -0.2) is 9.97 Å². The van der Waals surface area contributed by atoms with Crippen LogP contribution in [0.3, 0.4) is 0 Å². The standard InChI is InChI=1S/C17H26N4OS/c1-11(6-9-22)18-16-15-12(2)13(3)23-17(15)20-14(19-16)10-21-7-4-5-8-21/h11,22H,4-10H2,1-3H3,(H,18,19,20). The molecule has 23 heavy (non-hydrogen) atoms. The number of likely N-dealkylation sites (tertiary alicyclic amines) is 1. The average molecular weight is 334 g/mol. The first-order valence-electron chi connectivity index (χ1n) is 8.45. The van der Waals surface area contributed by atoms with Gasteiger partial charge in [-0.2, -0.15) is 0 Å². The lowest BCUT2D eigenvalue weighted by molar-refractivity contribution is 0.282. The van der Waals surface area contributed by atoms with Gasteiger partial charge < -0.3 is 10.4 Å². The van der Waals surface area contributed by atoms with Crippen molar-refractivity contribution in [2.75, 3.05) is 25.0 Å². The molecule has 0 spiro atoms. The third-order valence-corrected chi connectivity index (χ3v) is 5.69. The summed E-state index contributed by atoms with van der Waals surface area (Å²) in [4.78, 5) is 14.4. The van der Waals surface area contributed by atoms with Crippen molar-refractivity contribution >= 4 is 27.4 Å². The molecule has 2 N–H and O–H groups in total. The molecule has 1 saturated heterocycles. The monoisotopic (exact) mass is 334 g/mol. The first kappa shape index (κ1) is 16.6. The number of aliphatic hydroxyl groups excluding tert-OH is 1. The Morgan fingerprint density at radius 3 is 2.70 bits per heavy atom. The van der Waals surface area contributed by atoms with Crippen molar-refractivity contribution in [3.05, 3.63) is 16.3 Å². The zero-order valence-corrected chi connectivity index (χ0v) is 15.0. The number of thiophene rings is 1. The molecule has 2 aromatic heterocycles. The van der Waals surface area contributed by atoms with Crippen LogP contribution in [0.1, 0.15) is 42.5 Å². The van der Waals surface area contributed by atoms with Gasteiger partial charge >= 0.3 is 0 Å².